The second kappa shape index (κ2) is 8.79. The van der Waals surface area contributed by atoms with E-state index in [1.165, 1.54) is 0 Å². The van der Waals surface area contributed by atoms with Gasteiger partial charge in [0.15, 0.2) is 5.78 Å². The smallest absolute Gasteiger partial charge is 0.331 e. The van der Waals surface area contributed by atoms with Crippen molar-refractivity contribution >= 4 is 11.8 Å². The third-order valence-corrected chi connectivity index (χ3v) is 4.58. The van der Waals surface area contributed by atoms with Gasteiger partial charge in [0.1, 0.15) is 0 Å². The number of rotatable bonds is 5. The summed E-state index contributed by atoms with van der Waals surface area (Å²) in [5, 5.41) is 19.4. The number of carbonyl (C=O) groups is 2. The van der Waals surface area contributed by atoms with Crippen LogP contribution < -0.4 is 5.73 Å². The SMILES string of the molecule is C=C(CN)C(=O)/C1=C/CCC(C)C(O)CC(C(=C)C(=O)O)CC1. The molecule has 0 amide bonds. The number of carbonyl (C=O) groups excluding carboxylic acids is 1. The van der Waals surface area contributed by atoms with Gasteiger partial charge < -0.3 is 15.9 Å². The predicted molar refractivity (Wildman–Crippen MR) is 89.8 cm³/mol. The zero-order chi connectivity index (χ0) is 17.6. The monoisotopic (exact) mass is 321 g/mol. The number of aliphatic hydroxyl groups excluding tert-OH is 1. The molecule has 0 aromatic rings. The fourth-order valence-electron chi connectivity index (χ4n) is 2.80. The molecule has 0 heterocycles. The number of carboxylic acid groups (broad SMARTS) is 1. The van der Waals surface area contributed by atoms with Crippen molar-refractivity contribution in [3.8, 4) is 0 Å². The lowest BCUT2D eigenvalue weighted by atomic mass is 9.82. The molecule has 23 heavy (non-hydrogen) atoms. The van der Waals surface area contributed by atoms with Crippen LogP contribution in [-0.4, -0.2) is 34.6 Å². The molecule has 5 heteroatoms. The highest BCUT2D eigenvalue weighted by Crippen LogP contribution is 2.30. The van der Waals surface area contributed by atoms with Gasteiger partial charge in [0.05, 0.1) is 6.10 Å². The summed E-state index contributed by atoms with van der Waals surface area (Å²) in [5.74, 6) is -1.54. The minimum atomic E-state index is -1.06. The molecular weight excluding hydrogens is 294 g/mol. The summed E-state index contributed by atoms with van der Waals surface area (Å²) in [7, 11) is 0. The molecule has 1 aliphatic carbocycles. The van der Waals surface area contributed by atoms with E-state index >= 15 is 0 Å². The molecule has 1 aliphatic rings. The highest BCUT2D eigenvalue weighted by Gasteiger charge is 2.26. The Labute approximate surface area is 137 Å². The molecule has 1 rings (SSSR count). The van der Waals surface area contributed by atoms with Gasteiger partial charge in [-0.05, 0) is 49.5 Å². The van der Waals surface area contributed by atoms with Gasteiger partial charge >= 0.3 is 5.97 Å². The number of hydrogen-bond donors (Lipinski definition) is 3. The number of hydrogen-bond acceptors (Lipinski definition) is 4. The van der Waals surface area contributed by atoms with Gasteiger partial charge in [-0.3, -0.25) is 4.79 Å². The van der Waals surface area contributed by atoms with Crippen LogP contribution in [0.5, 0.6) is 0 Å². The maximum atomic E-state index is 12.3. The van der Waals surface area contributed by atoms with Crippen molar-refractivity contribution in [3.05, 3.63) is 36.0 Å². The Kier molecular flexibility index (Phi) is 7.39. The number of aliphatic hydroxyl groups is 1. The Morgan fingerprint density at radius 2 is 2.00 bits per heavy atom. The summed E-state index contributed by atoms with van der Waals surface area (Å²) >= 11 is 0. The molecule has 0 bridgehead atoms. The predicted octanol–water partition coefficient (Wildman–Crippen LogP) is 2.21. The molecule has 0 aromatic heterocycles. The fraction of sp³-hybridized carbons (Fsp3) is 0.556. The molecule has 0 radical (unpaired) electrons. The number of Topliss-reactive ketones (excluding diaryl/α,β-unsaturated/α-hetero) is 1. The zero-order valence-corrected chi connectivity index (χ0v) is 13.8. The van der Waals surface area contributed by atoms with E-state index in [9.17, 15) is 19.8 Å². The van der Waals surface area contributed by atoms with Gasteiger partial charge in [0, 0.05) is 17.7 Å². The minimum absolute atomic E-state index is 0.0301. The van der Waals surface area contributed by atoms with Crippen LogP contribution in [0.4, 0.5) is 0 Å². The van der Waals surface area contributed by atoms with Crippen molar-refractivity contribution in [2.75, 3.05) is 6.54 Å². The van der Waals surface area contributed by atoms with Crippen LogP contribution in [0.15, 0.2) is 36.0 Å². The first-order valence-electron chi connectivity index (χ1n) is 7.99. The van der Waals surface area contributed by atoms with Crippen LogP contribution in [0.2, 0.25) is 0 Å². The Morgan fingerprint density at radius 3 is 2.57 bits per heavy atom. The first kappa shape index (κ1) is 19.3. The molecule has 3 unspecified atom stereocenters. The quantitative estimate of drug-likeness (QED) is 0.674. The lowest BCUT2D eigenvalue weighted by Crippen LogP contribution is -2.25. The summed E-state index contributed by atoms with van der Waals surface area (Å²) in [6, 6.07) is 0. The van der Waals surface area contributed by atoms with Crippen LogP contribution in [-0.2, 0) is 9.59 Å². The Balaban J connectivity index is 3.01. The molecule has 0 fully saturated rings. The van der Waals surface area contributed by atoms with E-state index in [0.717, 1.165) is 6.42 Å². The standard InChI is InChI=1S/C18H27NO4/c1-11-5-4-6-14(17(21)12(2)10-19)7-8-15(9-16(11)20)13(3)18(22)23/h6,11,15-16,20H,2-5,7-10,19H2,1H3,(H,22,23)/b14-6+. The van der Waals surface area contributed by atoms with Gasteiger partial charge in [-0.25, -0.2) is 4.79 Å². The van der Waals surface area contributed by atoms with Crippen molar-refractivity contribution in [2.45, 2.75) is 45.1 Å². The third-order valence-electron chi connectivity index (χ3n) is 4.58. The molecule has 5 nitrogen and oxygen atoms in total. The number of carboxylic acids is 1. The summed E-state index contributed by atoms with van der Waals surface area (Å²) < 4.78 is 0. The fourth-order valence-corrected chi connectivity index (χ4v) is 2.80. The maximum absolute atomic E-state index is 12.3. The van der Waals surface area contributed by atoms with Crippen molar-refractivity contribution < 1.29 is 19.8 Å². The van der Waals surface area contributed by atoms with E-state index < -0.39 is 12.1 Å². The molecule has 4 N–H and O–H groups in total. The lowest BCUT2D eigenvalue weighted by Gasteiger charge is -2.26. The summed E-state index contributed by atoms with van der Waals surface area (Å²) in [4.78, 5) is 23.5. The first-order valence-corrected chi connectivity index (χ1v) is 7.99. The Hall–Kier alpha value is -1.72. The van der Waals surface area contributed by atoms with Crippen LogP contribution in [0.3, 0.4) is 0 Å². The normalized spacial score (nSPS) is 28.3. The average molecular weight is 321 g/mol. The van der Waals surface area contributed by atoms with E-state index in [2.05, 4.69) is 13.2 Å². The third kappa shape index (κ3) is 5.44. The molecular formula is C18H27NO4. The largest absolute Gasteiger partial charge is 0.478 e. The van der Waals surface area contributed by atoms with Crippen molar-refractivity contribution in [2.24, 2.45) is 17.6 Å². The molecule has 0 aliphatic heterocycles. The second-order valence-electron chi connectivity index (χ2n) is 6.29. The van der Waals surface area contributed by atoms with E-state index in [4.69, 9.17) is 5.73 Å². The van der Waals surface area contributed by atoms with E-state index in [0.29, 0.717) is 36.8 Å². The van der Waals surface area contributed by atoms with Gasteiger partial charge in [0.2, 0.25) is 0 Å². The molecule has 0 saturated heterocycles. The van der Waals surface area contributed by atoms with Crippen molar-refractivity contribution in [3.63, 3.8) is 0 Å². The van der Waals surface area contributed by atoms with Crippen LogP contribution in [0, 0.1) is 11.8 Å². The van der Waals surface area contributed by atoms with Gasteiger partial charge in [0.25, 0.3) is 0 Å². The number of allylic oxidation sites excluding steroid dienone is 2. The molecule has 3 atom stereocenters. The van der Waals surface area contributed by atoms with Crippen LogP contribution in [0.1, 0.15) is 39.0 Å². The van der Waals surface area contributed by atoms with Crippen molar-refractivity contribution in [1.29, 1.82) is 0 Å². The maximum Gasteiger partial charge on any atom is 0.331 e. The molecule has 0 spiro atoms. The van der Waals surface area contributed by atoms with Gasteiger partial charge in [-0.1, -0.05) is 26.2 Å². The zero-order valence-electron chi connectivity index (χ0n) is 13.8. The molecule has 128 valence electrons. The first-order chi connectivity index (χ1) is 10.8. The Bertz CT molecular complexity index is 521. The lowest BCUT2D eigenvalue weighted by molar-refractivity contribution is -0.133. The van der Waals surface area contributed by atoms with Gasteiger partial charge in [-0.2, -0.15) is 0 Å². The molecule has 0 aromatic carbocycles. The minimum Gasteiger partial charge on any atom is -0.478 e. The topological polar surface area (TPSA) is 101 Å². The number of aliphatic carboxylic acids is 1. The number of ketones is 1. The summed E-state index contributed by atoms with van der Waals surface area (Å²) in [5.41, 5.74) is 6.56. The summed E-state index contributed by atoms with van der Waals surface area (Å²) in [6.45, 7) is 9.36. The molecule has 0 saturated carbocycles. The van der Waals surface area contributed by atoms with Crippen LogP contribution >= 0.6 is 0 Å². The highest BCUT2D eigenvalue weighted by atomic mass is 16.4. The van der Waals surface area contributed by atoms with Crippen LogP contribution in [0.25, 0.3) is 0 Å². The van der Waals surface area contributed by atoms with E-state index in [1.54, 1.807) is 0 Å². The van der Waals surface area contributed by atoms with Crippen molar-refractivity contribution in [1.82, 2.24) is 0 Å². The van der Waals surface area contributed by atoms with E-state index in [-0.39, 0.29) is 29.7 Å². The summed E-state index contributed by atoms with van der Waals surface area (Å²) in [6.07, 6.45) is 3.99. The number of nitrogens with two attached hydrogens (primary N) is 1. The average Bonchev–Trinajstić information content (AvgIpc) is 2.53. The van der Waals surface area contributed by atoms with E-state index in [1.807, 2.05) is 13.0 Å². The second-order valence-corrected chi connectivity index (χ2v) is 6.29. The Morgan fingerprint density at radius 1 is 1.35 bits per heavy atom. The van der Waals surface area contributed by atoms with Gasteiger partial charge in [-0.15, -0.1) is 0 Å². The highest BCUT2D eigenvalue weighted by molar-refractivity contribution is 6.08.